The van der Waals surface area contributed by atoms with Crippen molar-refractivity contribution in [3.05, 3.63) is 58.3 Å². The molecule has 0 spiro atoms. The maximum atomic E-state index is 12.2. The summed E-state index contributed by atoms with van der Waals surface area (Å²) in [5, 5.41) is 20.9. The third-order valence-electron chi connectivity index (χ3n) is 3.82. The van der Waals surface area contributed by atoms with Gasteiger partial charge in [-0.25, -0.2) is 0 Å². The molecule has 0 radical (unpaired) electrons. The van der Waals surface area contributed by atoms with Crippen LogP contribution in [0.25, 0.3) is 0 Å². The van der Waals surface area contributed by atoms with E-state index >= 15 is 0 Å². The first-order chi connectivity index (χ1) is 11.1. The Hall–Kier alpha value is -2.18. The van der Waals surface area contributed by atoms with Crippen LogP contribution in [0.2, 0.25) is 0 Å². The fourth-order valence-corrected chi connectivity index (χ4v) is 3.15. The van der Waals surface area contributed by atoms with Crippen molar-refractivity contribution in [3.8, 4) is 0 Å². The van der Waals surface area contributed by atoms with Gasteiger partial charge in [-0.15, -0.1) is 0 Å². The van der Waals surface area contributed by atoms with Crippen LogP contribution in [0, 0.1) is 0 Å². The molecule has 2 N–H and O–H groups in total. The number of rotatable bonds is 5. The Morgan fingerprint density at radius 2 is 2.22 bits per heavy atom. The van der Waals surface area contributed by atoms with Gasteiger partial charge in [0, 0.05) is 6.42 Å². The first-order valence-corrected chi connectivity index (χ1v) is 8.31. The van der Waals surface area contributed by atoms with E-state index in [-0.39, 0.29) is 12.5 Å². The van der Waals surface area contributed by atoms with Crippen LogP contribution in [0.15, 0.2) is 52.3 Å². The largest absolute Gasteiger partial charge is 0.384 e. The molecule has 6 heteroatoms. The summed E-state index contributed by atoms with van der Waals surface area (Å²) in [6, 6.07) is 11.5. The number of thiophene rings is 1. The van der Waals surface area contributed by atoms with E-state index < -0.39 is 11.7 Å². The summed E-state index contributed by atoms with van der Waals surface area (Å²) in [4.78, 5) is 17.5. The van der Waals surface area contributed by atoms with E-state index in [9.17, 15) is 9.90 Å². The van der Waals surface area contributed by atoms with Crippen LogP contribution in [-0.4, -0.2) is 29.4 Å². The third kappa shape index (κ3) is 3.60. The van der Waals surface area contributed by atoms with Crippen LogP contribution < -0.4 is 5.32 Å². The van der Waals surface area contributed by atoms with Crippen LogP contribution in [0.4, 0.5) is 0 Å². The molecule has 1 aliphatic rings. The zero-order chi connectivity index (χ0) is 16.3. The van der Waals surface area contributed by atoms with Gasteiger partial charge in [0.1, 0.15) is 5.60 Å². The maximum Gasteiger partial charge on any atom is 0.264 e. The number of aliphatic hydroxyl groups is 1. The average molecular weight is 330 g/mol. The van der Waals surface area contributed by atoms with Crippen molar-refractivity contribution in [2.75, 3.05) is 6.54 Å². The summed E-state index contributed by atoms with van der Waals surface area (Å²) < 4.78 is 0. The number of carbonyl (C=O) groups is 1. The lowest BCUT2D eigenvalue weighted by molar-refractivity contribution is -0.132. The zero-order valence-corrected chi connectivity index (χ0v) is 13.5. The molecule has 3 rings (SSSR count). The van der Waals surface area contributed by atoms with Crippen LogP contribution in [0.3, 0.4) is 0 Å². The number of nitrogens with one attached hydrogen (secondary N) is 1. The van der Waals surface area contributed by atoms with Gasteiger partial charge in [-0.3, -0.25) is 4.79 Å². The van der Waals surface area contributed by atoms with Gasteiger partial charge in [-0.1, -0.05) is 35.5 Å². The molecule has 0 saturated heterocycles. The predicted octanol–water partition coefficient (Wildman–Crippen LogP) is 2.26. The molecule has 2 aromatic rings. The number of amides is 1. The first-order valence-electron chi connectivity index (χ1n) is 7.37. The van der Waals surface area contributed by atoms with Crippen molar-refractivity contribution in [1.29, 1.82) is 0 Å². The monoisotopic (exact) mass is 330 g/mol. The van der Waals surface area contributed by atoms with E-state index in [2.05, 4.69) is 10.5 Å². The van der Waals surface area contributed by atoms with Crippen LogP contribution >= 0.6 is 11.3 Å². The fraction of sp³-hybridized carbons (Fsp3) is 0.294. The van der Waals surface area contributed by atoms with Gasteiger partial charge in [0.2, 0.25) is 6.10 Å². The molecule has 5 nitrogen and oxygen atoms in total. The minimum Gasteiger partial charge on any atom is -0.384 e. The summed E-state index contributed by atoms with van der Waals surface area (Å²) in [5.74, 6) is -0.268. The van der Waals surface area contributed by atoms with E-state index in [1.807, 2.05) is 47.2 Å². The molecule has 1 aliphatic heterocycles. The highest BCUT2D eigenvalue weighted by Gasteiger charge is 2.31. The Morgan fingerprint density at radius 3 is 2.91 bits per heavy atom. The Balaban J connectivity index is 1.55. The molecule has 1 aromatic carbocycles. The average Bonchev–Trinajstić information content (AvgIpc) is 3.25. The number of hydrogen-bond acceptors (Lipinski definition) is 5. The molecule has 0 fully saturated rings. The second kappa shape index (κ2) is 6.52. The summed E-state index contributed by atoms with van der Waals surface area (Å²) in [6.07, 6.45) is -0.223. The summed E-state index contributed by atoms with van der Waals surface area (Å²) in [7, 11) is 0. The Kier molecular flexibility index (Phi) is 4.45. The van der Waals surface area contributed by atoms with Gasteiger partial charge in [0.15, 0.2) is 0 Å². The maximum absolute atomic E-state index is 12.2. The van der Waals surface area contributed by atoms with Gasteiger partial charge >= 0.3 is 0 Å². The molecule has 23 heavy (non-hydrogen) atoms. The number of hydrogen-bond donors (Lipinski definition) is 2. The summed E-state index contributed by atoms with van der Waals surface area (Å²) in [5.41, 5.74) is 1.40. The van der Waals surface area contributed by atoms with E-state index in [1.165, 1.54) is 11.3 Å². The second-order valence-corrected chi connectivity index (χ2v) is 6.49. The molecule has 1 aromatic heterocycles. The minimum absolute atomic E-state index is 0.128. The summed E-state index contributed by atoms with van der Waals surface area (Å²) >= 11 is 1.51. The highest BCUT2D eigenvalue weighted by molar-refractivity contribution is 7.08. The smallest absolute Gasteiger partial charge is 0.264 e. The predicted molar refractivity (Wildman–Crippen MR) is 89.4 cm³/mol. The lowest BCUT2D eigenvalue weighted by Crippen LogP contribution is -2.42. The Labute approximate surface area is 138 Å². The van der Waals surface area contributed by atoms with Gasteiger partial charge in [0.05, 0.1) is 12.3 Å². The molecule has 2 heterocycles. The number of nitrogens with zero attached hydrogens (tertiary/aromatic N) is 1. The van der Waals surface area contributed by atoms with Gasteiger partial charge < -0.3 is 15.3 Å². The van der Waals surface area contributed by atoms with Gasteiger partial charge in [-0.2, -0.15) is 11.3 Å². The topological polar surface area (TPSA) is 70.9 Å². The first kappa shape index (κ1) is 15.7. The zero-order valence-electron chi connectivity index (χ0n) is 12.7. The molecule has 2 atom stereocenters. The summed E-state index contributed by atoms with van der Waals surface area (Å²) in [6.45, 7) is 1.81. The molecular weight excluding hydrogens is 312 g/mol. The van der Waals surface area contributed by atoms with Crippen molar-refractivity contribution < 1.29 is 14.7 Å². The molecule has 1 amide bonds. The number of oxime groups is 1. The molecule has 120 valence electrons. The molecule has 0 aliphatic carbocycles. The quantitative estimate of drug-likeness (QED) is 0.883. The van der Waals surface area contributed by atoms with Crippen LogP contribution in [-0.2, 0) is 15.2 Å². The van der Waals surface area contributed by atoms with E-state index in [4.69, 9.17) is 4.84 Å². The molecule has 0 bridgehead atoms. The van der Waals surface area contributed by atoms with Crippen molar-refractivity contribution in [3.63, 3.8) is 0 Å². The highest BCUT2D eigenvalue weighted by atomic mass is 32.1. The molecular formula is C17H18N2O3S. The van der Waals surface area contributed by atoms with Crippen molar-refractivity contribution in [2.45, 2.75) is 25.0 Å². The minimum atomic E-state index is -1.10. The standard InChI is InChI=1S/C17H18N2O3S/c1-17(21,13-7-8-23-10-13)11-18-16(20)15-9-14(19-22-15)12-5-3-2-4-6-12/h2-8,10,15,21H,9,11H2,1H3,(H,18,20). The second-order valence-electron chi connectivity index (χ2n) is 5.71. The van der Waals surface area contributed by atoms with E-state index in [1.54, 1.807) is 6.92 Å². The van der Waals surface area contributed by atoms with Crippen LogP contribution in [0.1, 0.15) is 24.5 Å². The number of carbonyl (C=O) groups excluding carboxylic acids is 1. The van der Waals surface area contributed by atoms with Crippen molar-refractivity contribution in [1.82, 2.24) is 5.32 Å². The van der Waals surface area contributed by atoms with E-state index in [0.29, 0.717) is 6.42 Å². The van der Waals surface area contributed by atoms with E-state index in [0.717, 1.165) is 16.8 Å². The highest BCUT2D eigenvalue weighted by Crippen LogP contribution is 2.22. The lowest BCUT2D eigenvalue weighted by atomic mass is 9.99. The third-order valence-corrected chi connectivity index (χ3v) is 4.50. The lowest BCUT2D eigenvalue weighted by Gasteiger charge is -2.23. The molecule has 2 unspecified atom stereocenters. The number of benzene rings is 1. The normalized spacial score (nSPS) is 19.6. The van der Waals surface area contributed by atoms with Crippen molar-refractivity contribution >= 4 is 23.0 Å². The van der Waals surface area contributed by atoms with Crippen molar-refractivity contribution in [2.24, 2.45) is 5.16 Å². The Morgan fingerprint density at radius 1 is 1.43 bits per heavy atom. The SMILES string of the molecule is CC(O)(CNC(=O)C1CC(c2ccccc2)=NO1)c1ccsc1. The van der Waals surface area contributed by atoms with Gasteiger partial charge in [0.25, 0.3) is 5.91 Å². The Bertz CT molecular complexity index is 696. The molecule has 0 saturated carbocycles. The van der Waals surface area contributed by atoms with Crippen LogP contribution in [0.5, 0.6) is 0 Å². The van der Waals surface area contributed by atoms with Gasteiger partial charge in [-0.05, 0) is 34.9 Å². The fourth-order valence-electron chi connectivity index (χ4n) is 2.37.